The van der Waals surface area contributed by atoms with Crippen molar-refractivity contribution in [1.29, 1.82) is 0 Å². The fourth-order valence-corrected chi connectivity index (χ4v) is 3.82. The number of carbonyl (C=O) groups is 2. The van der Waals surface area contributed by atoms with Crippen LogP contribution in [0.5, 0.6) is 0 Å². The van der Waals surface area contributed by atoms with E-state index in [0.717, 1.165) is 12.8 Å². The quantitative estimate of drug-likeness (QED) is 0.839. The SMILES string of the molecule is O=C(O)C1CSCN1C(=O)CC1CCCCC1. The molecule has 96 valence electrons. The maximum absolute atomic E-state index is 12.1. The maximum atomic E-state index is 12.1. The van der Waals surface area contributed by atoms with Crippen LogP contribution in [-0.2, 0) is 9.59 Å². The van der Waals surface area contributed by atoms with Crippen molar-refractivity contribution in [3.63, 3.8) is 0 Å². The molecule has 0 aromatic heterocycles. The summed E-state index contributed by atoms with van der Waals surface area (Å²) in [7, 11) is 0. The first-order valence-electron chi connectivity index (χ1n) is 6.28. The van der Waals surface area contributed by atoms with Crippen molar-refractivity contribution in [2.45, 2.75) is 44.6 Å². The third-order valence-corrected chi connectivity index (χ3v) is 4.69. The predicted octanol–water partition coefficient (Wildman–Crippen LogP) is 1.94. The van der Waals surface area contributed by atoms with Crippen LogP contribution in [0.2, 0.25) is 0 Å². The number of carboxylic acids is 1. The third kappa shape index (κ3) is 3.15. The number of carbonyl (C=O) groups excluding carboxylic acids is 1. The molecule has 2 rings (SSSR count). The lowest BCUT2D eigenvalue weighted by Gasteiger charge is -2.25. The number of aliphatic carboxylic acids is 1. The van der Waals surface area contributed by atoms with Gasteiger partial charge in [0, 0.05) is 12.2 Å². The van der Waals surface area contributed by atoms with Gasteiger partial charge in [0.15, 0.2) is 0 Å². The average Bonchev–Trinajstić information content (AvgIpc) is 2.79. The van der Waals surface area contributed by atoms with Crippen molar-refractivity contribution < 1.29 is 14.7 Å². The Morgan fingerprint density at radius 3 is 2.59 bits per heavy atom. The molecular weight excluding hydrogens is 238 g/mol. The van der Waals surface area contributed by atoms with Gasteiger partial charge < -0.3 is 10.0 Å². The molecule has 0 spiro atoms. The summed E-state index contributed by atoms with van der Waals surface area (Å²) in [4.78, 5) is 24.6. The predicted molar refractivity (Wildman–Crippen MR) is 66.8 cm³/mol. The van der Waals surface area contributed by atoms with Crippen molar-refractivity contribution in [2.24, 2.45) is 5.92 Å². The molecule has 1 unspecified atom stereocenters. The summed E-state index contributed by atoms with van der Waals surface area (Å²) in [5, 5.41) is 9.03. The highest BCUT2D eigenvalue weighted by Gasteiger charge is 2.35. The zero-order chi connectivity index (χ0) is 12.3. The number of amides is 1. The van der Waals surface area contributed by atoms with Crippen LogP contribution in [0.1, 0.15) is 38.5 Å². The highest BCUT2D eigenvalue weighted by Crippen LogP contribution is 2.29. The van der Waals surface area contributed by atoms with E-state index in [1.165, 1.54) is 31.0 Å². The largest absolute Gasteiger partial charge is 0.480 e. The van der Waals surface area contributed by atoms with Crippen molar-refractivity contribution in [2.75, 3.05) is 11.6 Å². The monoisotopic (exact) mass is 257 g/mol. The van der Waals surface area contributed by atoms with E-state index in [4.69, 9.17) is 5.11 Å². The molecule has 1 aliphatic heterocycles. The number of nitrogens with zero attached hydrogens (tertiary/aromatic N) is 1. The van der Waals surface area contributed by atoms with Gasteiger partial charge in [0.25, 0.3) is 0 Å². The Kier molecular flexibility index (Phi) is 4.31. The highest BCUT2D eigenvalue weighted by atomic mass is 32.2. The first-order chi connectivity index (χ1) is 8.18. The first-order valence-corrected chi connectivity index (χ1v) is 7.44. The van der Waals surface area contributed by atoms with Gasteiger partial charge in [-0.3, -0.25) is 4.79 Å². The lowest BCUT2D eigenvalue weighted by Crippen LogP contribution is -2.42. The summed E-state index contributed by atoms with van der Waals surface area (Å²) < 4.78 is 0. The molecule has 17 heavy (non-hydrogen) atoms. The molecule has 2 fully saturated rings. The van der Waals surface area contributed by atoms with Crippen LogP contribution in [0.4, 0.5) is 0 Å². The van der Waals surface area contributed by atoms with Gasteiger partial charge in [-0.2, -0.15) is 0 Å². The smallest absolute Gasteiger partial charge is 0.327 e. The standard InChI is InChI=1S/C12H19NO3S/c14-11(6-9-4-2-1-3-5-9)13-8-17-7-10(13)12(15)16/h9-10H,1-8H2,(H,15,16). The van der Waals surface area contributed by atoms with E-state index in [0.29, 0.717) is 24.0 Å². The highest BCUT2D eigenvalue weighted by molar-refractivity contribution is 7.99. The van der Waals surface area contributed by atoms with Crippen LogP contribution in [0.15, 0.2) is 0 Å². The van der Waals surface area contributed by atoms with Gasteiger partial charge in [-0.1, -0.05) is 19.3 Å². The second-order valence-corrected chi connectivity index (χ2v) is 5.93. The molecule has 1 saturated carbocycles. The Bertz CT molecular complexity index is 302. The van der Waals surface area contributed by atoms with E-state index in [1.54, 1.807) is 4.90 Å². The molecule has 1 amide bonds. The van der Waals surface area contributed by atoms with Crippen molar-refractivity contribution in [3.05, 3.63) is 0 Å². The second kappa shape index (κ2) is 5.76. The minimum absolute atomic E-state index is 0.0364. The summed E-state index contributed by atoms with van der Waals surface area (Å²) in [6.45, 7) is 0. The molecule has 2 aliphatic rings. The van der Waals surface area contributed by atoms with E-state index in [1.807, 2.05) is 0 Å². The Balaban J connectivity index is 1.88. The normalized spacial score (nSPS) is 26.1. The summed E-state index contributed by atoms with van der Waals surface area (Å²) in [6.07, 6.45) is 6.52. The molecule has 1 N–H and O–H groups in total. The number of carboxylic acid groups (broad SMARTS) is 1. The molecule has 1 aliphatic carbocycles. The van der Waals surface area contributed by atoms with Gasteiger partial charge in [0.1, 0.15) is 6.04 Å². The van der Waals surface area contributed by atoms with E-state index in [2.05, 4.69) is 0 Å². The van der Waals surface area contributed by atoms with Crippen molar-refractivity contribution in [1.82, 2.24) is 4.90 Å². The Morgan fingerprint density at radius 1 is 1.24 bits per heavy atom. The number of hydrogen-bond donors (Lipinski definition) is 1. The van der Waals surface area contributed by atoms with Gasteiger partial charge in [0.2, 0.25) is 5.91 Å². The average molecular weight is 257 g/mol. The maximum Gasteiger partial charge on any atom is 0.327 e. The van der Waals surface area contributed by atoms with E-state index in [9.17, 15) is 9.59 Å². The summed E-state index contributed by atoms with van der Waals surface area (Å²) in [6, 6.07) is -0.601. The topological polar surface area (TPSA) is 57.6 Å². The van der Waals surface area contributed by atoms with Crippen LogP contribution in [0.3, 0.4) is 0 Å². The van der Waals surface area contributed by atoms with Crippen LogP contribution in [0, 0.1) is 5.92 Å². The Morgan fingerprint density at radius 2 is 1.94 bits per heavy atom. The molecular formula is C12H19NO3S. The Labute approximate surface area is 106 Å². The second-order valence-electron chi connectivity index (χ2n) is 4.93. The molecule has 0 aromatic carbocycles. The zero-order valence-electron chi connectivity index (χ0n) is 9.93. The number of thioether (sulfide) groups is 1. The van der Waals surface area contributed by atoms with Gasteiger partial charge in [0.05, 0.1) is 5.88 Å². The molecule has 1 saturated heterocycles. The van der Waals surface area contributed by atoms with Crippen LogP contribution in [-0.4, -0.2) is 39.6 Å². The van der Waals surface area contributed by atoms with Gasteiger partial charge in [-0.25, -0.2) is 4.79 Å². The molecule has 1 heterocycles. The summed E-state index contributed by atoms with van der Waals surface area (Å²) >= 11 is 1.53. The number of rotatable bonds is 3. The fraction of sp³-hybridized carbons (Fsp3) is 0.833. The van der Waals surface area contributed by atoms with E-state index >= 15 is 0 Å². The fourth-order valence-electron chi connectivity index (χ4n) is 2.65. The van der Waals surface area contributed by atoms with Crippen LogP contribution in [0.25, 0.3) is 0 Å². The van der Waals surface area contributed by atoms with Gasteiger partial charge >= 0.3 is 5.97 Å². The lowest BCUT2D eigenvalue weighted by atomic mass is 9.86. The van der Waals surface area contributed by atoms with E-state index < -0.39 is 12.0 Å². The van der Waals surface area contributed by atoms with Gasteiger partial charge in [-0.05, 0) is 18.8 Å². The molecule has 0 aromatic rings. The molecule has 4 nitrogen and oxygen atoms in total. The molecule has 0 radical (unpaired) electrons. The van der Waals surface area contributed by atoms with Crippen molar-refractivity contribution in [3.8, 4) is 0 Å². The minimum Gasteiger partial charge on any atom is -0.480 e. The summed E-state index contributed by atoms with van der Waals surface area (Å²) in [5.74, 6) is 0.728. The zero-order valence-corrected chi connectivity index (χ0v) is 10.7. The van der Waals surface area contributed by atoms with Crippen molar-refractivity contribution >= 4 is 23.6 Å². The van der Waals surface area contributed by atoms with E-state index in [-0.39, 0.29) is 5.91 Å². The Hall–Kier alpha value is -0.710. The van der Waals surface area contributed by atoms with Crippen LogP contribution >= 0.6 is 11.8 Å². The minimum atomic E-state index is -0.869. The molecule has 0 bridgehead atoms. The summed E-state index contributed by atoms with van der Waals surface area (Å²) in [5.41, 5.74) is 0. The first kappa shape index (κ1) is 12.7. The molecule has 1 atom stereocenters. The van der Waals surface area contributed by atoms with Crippen LogP contribution < -0.4 is 0 Å². The lowest BCUT2D eigenvalue weighted by molar-refractivity contribution is -0.148. The molecule has 5 heteroatoms. The van der Waals surface area contributed by atoms with Gasteiger partial charge in [-0.15, -0.1) is 11.8 Å². The third-order valence-electron chi connectivity index (χ3n) is 3.68. The number of hydrogen-bond acceptors (Lipinski definition) is 3.